The van der Waals surface area contributed by atoms with Crippen molar-refractivity contribution < 1.29 is 19.2 Å². The molecule has 0 aliphatic carbocycles. The Labute approximate surface area is 126 Å². The van der Waals surface area contributed by atoms with Crippen LogP contribution in [0.3, 0.4) is 0 Å². The van der Waals surface area contributed by atoms with Crippen molar-refractivity contribution in [2.45, 2.75) is 33.0 Å². The molecular formula is C16H25N2O3+. The Morgan fingerprint density at radius 3 is 2.48 bits per heavy atom. The first-order valence-corrected chi connectivity index (χ1v) is 7.58. The number of morpholine rings is 1. The maximum absolute atomic E-state index is 12.1. The molecule has 21 heavy (non-hydrogen) atoms. The summed E-state index contributed by atoms with van der Waals surface area (Å²) < 4.78 is 11.1. The summed E-state index contributed by atoms with van der Waals surface area (Å²) in [5.41, 5.74) is 0.803. The topological polar surface area (TPSA) is 52.0 Å². The Morgan fingerprint density at radius 2 is 1.90 bits per heavy atom. The van der Waals surface area contributed by atoms with E-state index in [1.54, 1.807) is 0 Å². The third-order valence-electron chi connectivity index (χ3n) is 3.48. The van der Waals surface area contributed by atoms with Gasteiger partial charge in [0, 0.05) is 5.69 Å². The number of carbonyl (C=O) groups is 1. The number of benzene rings is 1. The average molecular weight is 293 g/mol. The Morgan fingerprint density at radius 1 is 1.29 bits per heavy atom. The highest BCUT2D eigenvalue weighted by molar-refractivity contribution is 5.91. The van der Waals surface area contributed by atoms with Gasteiger partial charge in [0.2, 0.25) is 0 Å². The minimum atomic E-state index is 0.0375. The van der Waals surface area contributed by atoms with Crippen LogP contribution in [0.2, 0.25) is 0 Å². The van der Waals surface area contributed by atoms with Crippen LogP contribution in [0.15, 0.2) is 24.3 Å². The molecule has 0 bridgehead atoms. The van der Waals surface area contributed by atoms with E-state index in [2.05, 4.69) is 19.2 Å². The molecule has 1 amide bonds. The molecule has 1 aromatic carbocycles. The van der Waals surface area contributed by atoms with E-state index in [-0.39, 0.29) is 18.1 Å². The van der Waals surface area contributed by atoms with Crippen LogP contribution in [0.25, 0.3) is 0 Å². The zero-order valence-corrected chi connectivity index (χ0v) is 13.0. The van der Waals surface area contributed by atoms with Gasteiger partial charge in [0.05, 0.1) is 6.61 Å². The second-order valence-electron chi connectivity index (χ2n) is 5.60. The van der Waals surface area contributed by atoms with Gasteiger partial charge in [0.25, 0.3) is 5.91 Å². The number of carbonyl (C=O) groups excluding carboxylic acids is 1. The fourth-order valence-electron chi connectivity index (χ4n) is 2.77. The molecular weight excluding hydrogens is 268 g/mol. The molecule has 1 aliphatic heterocycles. The molecule has 1 unspecified atom stereocenters. The highest BCUT2D eigenvalue weighted by Crippen LogP contribution is 2.15. The van der Waals surface area contributed by atoms with E-state index in [9.17, 15) is 4.79 Å². The molecule has 0 saturated carbocycles. The lowest BCUT2D eigenvalue weighted by atomic mass is 10.2. The van der Waals surface area contributed by atoms with Gasteiger partial charge in [-0.25, -0.2) is 0 Å². The summed E-state index contributed by atoms with van der Waals surface area (Å²) in [6.45, 7) is 8.93. The zero-order valence-electron chi connectivity index (χ0n) is 13.0. The molecule has 116 valence electrons. The predicted molar refractivity (Wildman–Crippen MR) is 81.8 cm³/mol. The van der Waals surface area contributed by atoms with Crippen molar-refractivity contribution in [1.82, 2.24) is 0 Å². The number of anilines is 1. The lowest BCUT2D eigenvalue weighted by Gasteiger charge is -2.31. The Hall–Kier alpha value is -1.59. The van der Waals surface area contributed by atoms with Crippen molar-refractivity contribution in [2.24, 2.45) is 0 Å². The van der Waals surface area contributed by atoms with Crippen molar-refractivity contribution >= 4 is 11.6 Å². The first-order valence-electron chi connectivity index (χ1n) is 7.58. The van der Waals surface area contributed by atoms with Gasteiger partial charge in [0.1, 0.15) is 31.0 Å². The van der Waals surface area contributed by atoms with Crippen LogP contribution in [0.5, 0.6) is 5.75 Å². The smallest absolute Gasteiger partial charge is 0.279 e. The monoisotopic (exact) mass is 293 g/mol. The molecule has 0 spiro atoms. The third-order valence-corrected chi connectivity index (χ3v) is 3.48. The number of rotatable bonds is 5. The summed E-state index contributed by atoms with van der Waals surface area (Å²) >= 11 is 0. The van der Waals surface area contributed by atoms with Crippen LogP contribution in [-0.2, 0) is 9.53 Å². The van der Waals surface area contributed by atoms with Gasteiger partial charge in [-0.3, -0.25) is 4.79 Å². The highest BCUT2D eigenvalue weighted by atomic mass is 16.5. The molecule has 0 radical (unpaired) electrons. The summed E-state index contributed by atoms with van der Waals surface area (Å²) in [5.74, 6) is 0.854. The van der Waals surface area contributed by atoms with E-state index in [1.165, 1.54) is 4.90 Å². The standard InChI is InChI=1S/C16H24N2O3/c1-4-20-15-7-5-14(6-8-15)17-16(19)11-18-9-12(2)21-13(3)10-18/h5-8,12-13H,4,9-11H2,1-3H3,(H,17,19)/p+1/t12-,13+. The molecule has 1 fully saturated rings. The number of ether oxygens (including phenoxy) is 2. The van der Waals surface area contributed by atoms with Crippen LogP contribution in [-0.4, -0.2) is 44.4 Å². The van der Waals surface area contributed by atoms with Crippen molar-refractivity contribution in [3.63, 3.8) is 0 Å². The van der Waals surface area contributed by atoms with Crippen molar-refractivity contribution in [3.8, 4) is 5.75 Å². The van der Waals surface area contributed by atoms with Crippen LogP contribution in [0, 0.1) is 0 Å². The van der Waals surface area contributed by atoms with E-state index >= 15 is 0 Å². The predicted octanol–water partition coefficient (Wildman–Crippen LogP) is 0.716. The molecule has 3 atom stereocenters. The van der Waals surface area contributed by atoms with Gasteiger partial charge < -0.3 is 19.7 Å². The van der Waals surface area contributed by atoms with Gasteiger partial charge in [-0.1, -0.05) is 0 Å². The SMILES string of the molecule is CCOc1ccc(NC(=O)C[NH+]2C[C@@H](C)O[C@@H](C)C2)cc1. The maximum atomic E-state index is 12.1. The van der Waals surface area contributed by atoms with Gasteiger partial charge in [0.15, 0.2) is 6.54 Å². The third kappa shape index (κ3) is 5.02. The molecule has 5 nitrogen and oxygen atoms in total. The molecule has 0 aromatic heterocycles. The summed E-state index contributed by atoms with van der Waals surface area (Å²) in [5, 5.41) is 2.93. The van der Waals surface area contributed by atoms with Gasteiger partial charge >= 0.3 is 0 Å². The maximum Gasteiger partial charge on any atom is 0.279 e. The van der Waals surface area contributed by atoms with Crippen LogP contribution in [0.1, 0.15) is 20.8 Å². The summed E-state index contributed by atoms with van der Waals surface area (Å²) in [7, 11) is 0. The lowest BCUT2D eigenvalue weighted by molar-refractivity contribution is -0.907. The molecule has 5 heteroatoms. The van der Waals surface area contributed by atoms with Crippen LogP contribution >= 0.6 is 0 Å². The number of nitrogens with one attached hydrogen (secondary N) is 2. The van der Waals surface area contributed by atoms with Crippen LogP contribution < -0.4 is 15.0 Å². The quantitative estimate of drug-likeness (QED) is 0.841. The van der Waals surface area contributed by atoms with Gasteiger partial charge in [-0.05, 0) is 45.0 Å². The van der Waals surface area contributed by atoms with Crippen LogP contribution in [0.4, 0.5) is 5.69 Å². The molecule has 1 aliphatic rings. The van der Waals surface area contributed by atoms with E-state index < -0.39 is 0 Å². The summed E-state index contributed by atoms with van der Waals surface area (Å²) in [6, 6.07) is 7.46. The van der Waals surface area contributed by atoms with E-state index in [1.807, 2.05) is 31.2 Å². The zero-order chi connectivity index (χ0) is 15.2. The van der Waals surface area contributed by atoms with E-state index in [4.69, 9.17) is 9.47 Å². The first kappa shape index (κ1) is 15.8. The van der Waals surface area contributed by atoms with Crippen molar-refractivity contribution in [2.75, 3.05) is 31.6 Å². The molecule has 2 rings (SSSR count). The Kier molecular flexibility index (Phi) is 5.59. The lowest BCUT2D eigenvalue weighted by Crippen LogP contribution is -3.16. The van der Waals surface area contributed by atoms with Crippen molar-refractivity contribution in [3.05, 3.63) is 24.3 Å². The Bertz CT molecular complexity index is 451. The number of amides is 1. The summed E-state index contributed by atoms with van der Waals surface area (Å²) in [4.78, 5) is 13.4. The minimum Gasteiger partial charge on any atom is -0.494 e. The highest BCUT2D eigenvalue weighted by Gasteiger charge is 2.27. The number of quaternary nitrogens is 1. The second kappa shape index (κ2) is 7.43. The normalized spacial score (nSPS) is 25.4. The average Bonchev–Trinajstić information content (AvgIpc) is 2.40. The fourth-order valence-corrected chi connectivity index (χ4v) is 2.77. The number of hydrogen-bond acceptors (Lipinski definition) is 3. The van der Waals surface area contributed by atoms with Gasteiger partial charge in [-0.15, -0.1) is 0 Å². The molecule has 1 heterocycles. The minimum absolute atomic E-state index is 0.0375. The molecule has 1 saturated heterocycles. The number of hydrogen-bond donors (Lipinski definition) is 2. The summed E-state index contributed by atoms with van der Waals surface area (Å²) in [6.07, 6.45) is 0.420. The molecule has 2 N–H and O–H groups in total. The second-order valence-corrected chi connectivity index (χ2v) is 5.60. The van der Waals surface area contributed by atoms with Crippen molar-refractivity contribution in [1.29, 1.82) is 0 Å². The van der Waals surface area contributed by atoms with E-state index in [0.29, 0.717) is 13.2 Å². The van der Waals surface area contributed by atoms with Gasteiger partial charge in [-0.2, -0.15) is 0 Å². The Balaban J connectivity index is 1.83. The molecule has 1 aromatic rings. The largest absolute Gasteiger partial charge is 0.494 e. The first-order chi connectivity index (χ1) is 10.1. The fraction of sp³-hybridized carbons (Fsp3) is 0.562. The van der Waals surface area contributed by atoms with E-state index in [0.717, 1.165) is 24.5 Å².